The first-order valence-corrected chi connectivity index (χ1v) is 13.2. The van der Waals surface area contributed by atoms with Crippen LogP contribution in [0, 0.1) is 6.92 Å². The van der Waals surface area contributed by atoms with Gasteiger partial charge in [0, 0.05) is 18.5 Å². The molecule has 0 radical (unpaired) electrons. The van der Waals surface area contributed by atoms with Crippen LogP contribution < -0.4 is 0 Å². The van der Waals surface area contributed by atoms with Gasteiger partial charge in [0.05, 0.1) is 38.8 Å². The van der Waals surface area contributed by atoms with Gasteiger partial charge in [0.1, 0.15) is 7.11 Å². The van der Waals surface area contributed by atoms with Crippen LogP contribution in [0.3, 0.4) is 0 Å². The van der Waals surface area contributed by atoms with Crippen LogP contribution in [-0.4, -0.2) is 64.8 Å². The van der Waals surface area contributed by atoms with Crippen LogP contribution in [0.1, 0.15) is 43.4 Å². The molecule has 1 aromatic rings. The van der Waals surface area contributed by atoms with Crippen molar-refractivity contribution in [1.29, 1.82) is 0 Å². The lowest BCUT2D eigenvalue weighted by molar-refractivity contribution is -0.125. The lowest BCUT2D eigenvalue weighted by Crippen LogP contribution is -2.26. The first-order valence-electron chi connectivity index (χ1n) is 9.89. The van der Waals surface area contributed by atoms with E-state index in [4.69, 9.17) is 4.84 Å². The predicted molar refractivity (Wildman–Crippen MR) is 118 cm³/mol. The Bertz CT molecular complexity index is 1230. The molecule has 0 atom stereocenters. The molecule has 11 heteroatoms. The number of rotatable bonds is 6. The number of benzene rings is 1. The molecule has 0 spiro atoms. The molecule has 9 nitrogen and oxygen atoms in total. The fourth-order valence-electron chi connectivity index (χ4n) is 3.82. The van der Waals surface area contributed by atoms with Crippen molar-refractivity contribution >= 4 is 42.4 Å². The number of oxime groups is 1. The van der Waals surface area contributed by atoms with Gasteiger partial charge in [-0.1, -0.05) is 18.1 Å². The third kappa shape index (κ3) is 4.03. The molecule has 0 fully saturated rings. The maximum Gasteiger partial charge on any atom is 0.276 e. The van der Waals surface area contributed by atoms with E-state index in [1.54, 1.807) is 20.8 Å². The summed E-state index contributed by atoms with van der Waals surface area (Å²) < 4.78 is 51.8. The molecule has 0 saturated carbocycles. The van der Waals surface area contributed by atoms with E-state index in [0.29, 0.717) is 29.8 Å². The summed E-state index contributed by atoms with van der Waals surface area (Å²) in [5, 5.41) is 9.18. The van der Waals surface area contributed by atoms with E-state index in [9.17, 15) is 21.6 Å². The highest BCUT2D eigenvalue weighted by Gasteiger charge is 2.36. The van der Waals surface area contributed by atoms with Crippen molar-refractivity contribution in [3.05, 3.63) is 34.4 Å². The monoisotopic (exact) mass is 467 g/mol. The number of sulfone groups is 2. The van der Waals surface area contributed by atoms with Crippen molar-refractivity contribution in [3.8, 4) is 0 Å². The standard InChI is InChI=1S/C20H25N3O6S2/c1-5-10-31(27,28)19(15-12-21-23(6-2)20(15)24)14-7-8-17-18(13(14)3)16(22-29-4)9-11-30(17,25)26/h7-8,12H,5-6,9-11H2,1-4H3/b19-15+,22-16+. The maximum absolute atomic E-state index is 13.3. The first kappa shape index (κ1) is 23.1. The molecule has 168 valence electrons. The second kappa shape index (κ2) is 8.54. The average Bonchev–Trinajstić information content (AvgIpc) is 3.06. The summed E-state index contributed by atoms with van der Waals surface area (Å²) in [6.07, 6.45) is 1.76. The van der Waals surface area contributed by atoms with E-state index < -0.39 is 25.6 Å². The molecular formula is C20H25N3O6S2. The van der Waals surface area contributed by atoms with E-state index in [2.05, 4.69) is 10.3 Å². The Morgan fingerprint density at radius 1 is 1.29 bits per heavy atom. The Hall–Kier alpha value is -2.53. The Kier molecular flexibility index (Phi) is 6.38. The third-order valence-corrected chi connectivity index (χ3v) is 8.98. The maximum atomic E-state index is 13.3. The minimum atomic E-state index is -3.86. The molecule has 0 aromatic heterocycles. The number of hydrogen-bond acceptors (Lipinski definition) is 8. The Morgan fingerprint density at radius 2 is 2.00 bits per heavy atom. The van der Waals surface area contributed by atoms with Gasteiger partial charge in [0.2, 0.25) is 0 Å². The zero-order chi connectivity index (χ0) is 23.0. The molecule has 31 heavy (non-hydrogen) atoms. The van der Waals surface area contributed by atoms with E-state index in [-0.39, 0.29) is 38.9 Å². The minimum absolute atomic E-state index is 0.0257. The van der Waals surface area contributed by atoms with E-state index in [1.807, 2.05) is 0 Å². The molecule has 0 aliphatic carbocycles. The zero-order valence-electron chi connectivity index (χ0n) is 17.9. The number of likely N-dealkylation sites (N-methyl/N-ethyl adjacent to an activating group) is 1. The van der Waals surface area contributed by atoms with Crippen LogP contribution >= 0.6 is 0 Å². The van der Waals surface area contributed by atoms with Gasteiger partial charge in [0.15, 0.2) is 19.7 Å². The van der Waals surface area contributed by atoms with Gasteiger partial charge in [-0.2, -0.15) is 5.10 Å². The van der Waals surface area contributed by atoms with Gasteiger partial charge in [-0.15, -0.1) is 0 Å². The predicted octanol–water partition coefficient (Wildman–Crippen LogP) is 1.91. The number of amides is 1. The Balaban J connectivity index is 2.38. The second-order valence-corrected chi connectivity index (χ2v) is 11.4. The number of nitrogens with zero attached hydrogens (tertiary/aromatic N) is 3. The summed E-state index contributed by atoms with van der Waals surface area (Å²) >= 11 is 0. The second-order valence-electron chi connectivity index (χ2n) is 7.23. The topological polar surface area (TPSA) is 123 Å². The summed E-state index contributed by atoms with van der Waals surface area (Å²) in [6.45, 7) is 5.40. The molecular weight excluding hydrogens is 442 g/mol. The van der Waals surface area contributed by atoms with Gasteiger partial charge >= 0.3 is 0 Å². The van der Waals surface area contributed by atoms with Gasteiger partial charge in [-0.3, -0.25) is 4.79 Å². The van der Waals surface area contributed by atoms with E-state index >= 15 is 0 Å². The molecule has 1 amide bonds. The lowest BCUT2D eigenvalue weighted by Gasteiger charge is -2.23. The smallest absolute Gasteiger partial charge is 0.276 e. The van der Waals surface area contributed by atoms with Crippen molar-refractivity contribution in [2.75, 3.05) is 25.2 Å². The molecule has 0 saturated heterocycles. The quantitative estimate of drug-likeness (QED) is 0.465. The number of hydrogen-bond donors (Lipinski definition) is 0. The van der Waals surface area contributed by atoms with Crippen molar-refractivity contribution in [2.45, 2.75) is 38.5 Å². The van der Waals surface area contributed by atoms with Crippen molar-refractivity contribution in [2.24, 2.45) is 10.3 Å². The van der Waals surface area contributed by atoms with Gasteiger partial charge in [0.25, 0.3) is 5.91 Å². The number of hydrazone groups is 1. The molecule has 1 aromatic carbocycles. The van der Waals surface area contributed by atoms with Crippen LogP contribution in [0.4, 0.5) is 0 Å². The SMILES string of the molecule is CCCS(=O)(=O)/C(=C1\C=NN(CC)C1=O)c1ccc2c(c1C)/C(=N/OC)CCS2(=O)=O. The summed E-state index contributed by atoms with van der Waals surface area (Å²) in [4.78, 5) is 17.6. The fourth-order valence-corrected chi connectivity index (χ4v) is 7.14. The summed E-state index contributed by atoms with van der Waals surface area (Å²) in [7, 11) is -6.05. The van der Waals surface area contributed by atoms with E-state index in [1.165, 1.54) is 30.5 Å². The van der Waals surface area contributed by atoms with Crippen LogP contribution in [0.2, 0.25) is 0 Å². The van der Waals surface area contributed by atoms with Crippen molar-refractivity contribution in [3.63, 3.8) is 0 Å². The zero-order valence-corrected chi connectivity index (χ0v) is 19.5. The number of carbonyl (C=O) groups excluding carboxylic acids is 1. The number of fused-ring (bicyclic) bond motifs is 1. The van der Waals surface area contributed by atoms with Gasteiger partial charge in [-0.25, -0.2) is 21.8 Å². The first-order chi connectivity index (χ1) is 14.6. The molecule has 2 heterocycles. The lowest BCUT2D eigenvalue weighted by atomic mass is 9.95. The average molecular weight is 468 g/mol. The highest BCUT2D eigenvalue weighted by molar-refractivity contribution is 8.00. The Labute approximate surface area is 182 Å². The molecule has 0 unspecified atom stereocenters. The minimum Gasteiger partial charge on any atom is -0.399 e. The highest BCUT2D eigenvalue weighted by Crippen LogP contribution is 2.37. The fraction of sp³-hybridized carbons (Fsp3) is 0.450. The van der Waals surface area contributed by atoms with Gasteiger partial charge in [-0.05, 0) is 37.5 Å². The highest BCUT2D eigenvalue weighted by atomic mass is 32.2. The van der Waals surface area contributed by atoms with Crippen molar-refractivity contribution in [1.82, 2.24) is 5.01 Å². The Morgan fingerprint density at radius 3 is 2.58 bits per heavy atom. The summed E-state index contributed by atoms with van der Waals surface area (Å²) in [6, 6.07) is 2.83. The van der Waals surface area contributed by atoms with Crippen LogP contribution in [-0.2, 0) is 29.3 Å². The van der Waals surface area contributed by atoms with Gasteiger partial charge < -0.3 is 4.84 Å². The molecule has 3 rings (SSSR count). The molecule has 0 bridgehead atoms. The van der Waals surface area contributed by atoms with E-state index in [0.717, 1.165) is 0 Å². The summed E-state index contributed by atoms with van der Waals surface area (Å²) in [5.74, 6) is -0.778. The third-order valence-electron chi connectivity index (χ3n) is 5.22. The number of carbonyl (C=O) groups is 1. The largest absolute Gasteiger partial charge is 0.399 e. The van der Waals surface area contributed by atoms with Crippen LogP contribution in [0.15, 0.2) is 32.9 Å². The molecule has 0 N–H and O–H groups in total. The normalized spacial score (nSPS) is 20.8. The van der Waals surface area contributed by atoms with Crippen molar-refractivity contribution < 1.29 is 26.5 Å². The van der Waals surface area contributed by atoms with Crippen LogP contribution in [0.25, 0.3) is 4.91 Å². The molecule has 2 aliphatic heterocycles. The van der Waals surface area contributed by atoms with Crippen LogP contribution in [0.5, 0.6) is 0 Å². The summed E-state index contributed by atoms with van der Waals surface area (Å²) in [5.41, 5.74) is 1.40. The molecule has 2 aliphatic rings.